The first-order valence-corrected chi connectivity index (χ1v) is 7.66. The summed E-state index contributed by atoms with van der Waals surface area (Å²) in [5.41, 5.74) is 7.17. The molecular formula is C17H17BrN2O3. The molecule has 0 saturated heterocycles. The van der Waals surface area contributed by atoms with Crippen LogP contribution in [-0.2, 0) is 6.42 Å². The van der Waals surface area contributed by atoms with Crippen molar-refractivity contribution in [3.63, 3.8) is 0 Å². The van der Waals surface area contributed by atoms with Crippen LogP contribution < -0.4 is 15.2 Å². The number of rotatable bonds is 5. The van der Waals surface area contributed by atoms with Crippen molar-refractivity contribution >= 4 is 27.7 Å². The second-order valence-electron chi connectivity index (χ2n) is 4.78. The van der Waals surface area contributed by atoms with E-state index in [4.69, 9.17) is 15.2 Å². The summed E-state index contributed by atoms with van der Waals surface area (Å²) in [5.74, 6) is 0.972. The van der Waals surface area contributed by atoms with Crippen LogP contribution in [0.2, 0.25) is 0 Å². The van der Waals surface area contributed by atoms with Gasteiger partial charge in [-0.05, 0) is 35.9 Å². The van der Waals surface area contributed by atoms with Crippen LogP contribution in [0.3, 0.4) is 0 Å². The number of hydrogen-bond donors (Lipinski definition) is 1. The minimum absolute atomic E-state index is 0.227. The van der Waals surface area contributed by atoms with Crippen molar-refractivity contribution in [2.24, 2.45) is 10.7 Å². The fourth-order valence-corrected chi connectivity index (χ4v) is 2.43. The van der Waals surface area contributed by atoms with Gasteiger partial charge >= 0.3 is 0 Å². The molecule has 0 heterocycles. The first-order valence-electron chi connectivity index (χ1n) is 6.87. The number of nitrogens with two attached hydrogens (primary N) is 1. The Bertz CT molecular complexity index is 744. The lowest BCUT2D eigenvalue weighted by Crippen LogP contribution is -2.17. The molecule has 0 atom stereocenters. The lowest BCUT2D eigenvalue weighted by Gasteiger charge is -2.07. The zero-order valence-electron chi connectivity index (χ0n) is 12.9. The zero-order chi connectivity index (χ0) is 16.8. The lowest BCUT2D eigenvalue weighted by atomic mass is 10.1. The van der Waals surface area contributed by atoms with E-state index >= 15 is 0 Å². The number of carbonyl (C=O) groups is 1. The highest BCUT2D eigenvalue weighted by Gasteiger charge is 2.13. The Morgan fingerprint density at radius 3 is 2.65 bits per heavy atom. The molecule has 2 rings (SSSR count). The number of carbonyl (C=O) groups excluding carboxylic acids is 1. The van der Waals surface area contributed by atoms with Crippen LogP contribution in [0.1, 0.15) is 15.9 Å². The molecule has 0 saturated carbocycles. The number of aliphatic imine (C=N–C) groups is 1. The minimum Gasteiger partial charge on any atom is -0.497 e. The second-order valence-corrected chi connectivity index (χ2v) is 5.70. The molecule has 2 aromatic carbocycles. The second kappa shape index (κ2) is 7.78. The lowest BCUT2D eigenvalue weighted by molar-refractivity contribution is 0.0999. The van der Waals surface area contributed by atoms with E-state index in [2.05, 4.69) is 20.9 Å². The number of ether oxygens (including phenoxy) is 2. The van der Waals surface area contributed by atoms with E-state index in [1.54, 1.807) is 25.3 Å². The van der Waals surface area contributed by atoms with Gasteiger partial charge in [0.1, 0.15) is 17.3 Å². The third-order valence-corrected chi connectivity index (χ3v) is 3.65. The van der Waals surface area contributed by atoms with Crippen LogP contribution in [0, 0.1) is 0 Å². The van der Waals surface area contributed by atoms with Crippen molar-refractivity contribution in [3.8, 4) is 11.5 Å². The standard InChI is InChI=1S/C17H17BrN2O3/c1-22-13-5-3-4-11(8-13)9-16(19)20-17(21)14-10-12(18)6-7-15(14)23-2/h3-8,10H,9H2,1-2H3,(H2,19,20,21). The summed E-state index contributed by atoms with van der Waals surface area (Å²) in [6.45, 7) is 0. The van der Waals surface area contributed by atoms with E-state index in [-0.39, 0.29) is 5.84 Å². The van der Waals surface area contributed by atoms with Crippen LogP contribution in [0.15, 0.2) is 51.9 Å². The van der Waals surface area contributed by atoms with Gasteiger partial charge in [-0.1, -0.05) is 28.1 Å². The summed E-state index contributed by atoms with van der Waals surface area (Å²) in [6.07, 6.45) is 0.360. The van der Waals surface area contributed by atoms with Gasteiger partial charge in [-0.15, -0.1) is 0 Å². The van der Waals surface area contributed by atoms with Crippen molar-refractivity contribution < 1.29 is 14.3 Å². The molecule has 6 heteroatoms. The summed E-state index contributed by atoms with van der Waals surface area (Å²) in [4.78, 5) is 16.3. The van der Waals surface area contributed by atoms with E-state index in [1.807, 2.05) is 24.3 Å². The van der Waals surface area contributed by atoms with E-state index in [0.29, 0.717) is 17.7 Å². The Morgan fingerprint density at radius 2 is 1.96 bits per heavy atom. The molecule has 120 valence electrons. The van der Waals surface area contributed by atoms with Crippen LogP contribution >= 0.6 is 15.9 Å². The van der Waals surface area contributed by atoms with Gasteiger partial charge in [-0.25, -0.2) is 0 Å². The Morgan fingerprint density at radius 1 is 1.17 bits per heavy atom. The highest BCUT2D eigenvalue weighted by Crippen LogP contribution is 2.23. The Balaban J connectivity index is 2.20. The average Bonchev–Trinajstić information content (AvgIpc) is 2.54. The molecule has 0 aromatic heterocycles. The van der Waals surface area contributed by atoms with Crippen LogP contribution in [0.25, 0.3) is 0 Å². The zero-order valence-corrected chi connectivity index (χ0v) is 14.5. The molecule has 2 N–H and O–H groups in total. The normalized spacial score (nSPS) is 11.2. The Kier molecular flexibility index (Phi) is 5.76. The maximum atomic E-state index is 12.3. The maximum absolute atomic E-state index is 12.3. The molecule has 1 amide bonds. The summed E-state index contributed by atoms with van der Waals surface area (Å²) in [5, 5.41) is 0. The minimum atomic E-state index is -0.441. The van der Waals surface area contributed by atoms with Gasteiger partial charge in [0.25, 0.3) is 5.91 Å². The average molecular weight is 377 g/mol. The van der Waals surface area contributed by atoms with Crippen molar-refractivity contribution in [1.29, 1.82) is 0 Å². The fourth-order valence-electron chi connectivity index (χ4n) is 2.07. The highest BCUT2D eigenvalue weighted by molar-refractivity contribution is 9.10. The topological polar surface area (TPSA) is 73.9 Å². The van der Waals surface area contributed by atoms with Crippen molar-refractivity contribution in [1.82, 2.24) is 0 Å². The molecule has 23 heavy (non-hydrogen) atoms. The number of hydrogen-bond acceptors (Lipinski definition) is 3. The smallest absolute Gasteiger partial charge is 0.282 e. The van der Waals surface area contributed by atoms with Crippen molar-refractivity contribution in [3.05, 3.63) is 58.1 Å². The van der Waals surface area contributed by atoms with Gasteiger partial charge in [-0.2, -0.15) is 4.99 Å². The molecular weight excluding hydrogens is 360 g/mol. The number of halogens is 1. The summed E-state index contributed by atoms with van der Waals surface area (Å²) in [6, 6.07) is 12.6. The van der Waals surface area contributed by atoms with E-state index in [9.17, 15) is 4.79 Å². The molecule has 0 radical (unpaired) electrons. The van der Waals surface area contributed by atoms with E-state index < -0.39 is 5.91 Å². The molecule has 5 nitrogen and oxygen atoms in total. The molecule has 0 aliphatic carbocycles. The number of amides is 1. The quantitative estimate of drug-likeness (QED) is 0.642. The first kappa shape index (κ1) is 17.0. The predicted molar refractivity (Wildman–Crippen MR) is 93.3 cm³/mol. The monoisotopic (exact) mass is 376 g/mol. The molecule has 0 aliphatic heterocycles. The van der Waals surface area contributed by atoms with Gasteiger partial charge in [0.05, 0.1) is 19.8 Å². The molecule has 0 spiro atoms. The first-order chi connectivity index (χ1) is 11.0. The van der Waals surface area contributed by atoms with E-state index in [0.717, 1.165) is 15.8 Å². The molecule has 0 fully saturated rings. The van der Waals surface area contributed by atoms with Gasteiger partial charge in [0.15, 0.2) is 0 Å². The third-order valence-electron chi connectivity index (χ3n) is 3.16. The van der Waals surface area contributed by atoms with Gasteiger partial charge in [-0.3, -0.25) is 4.79 Å². The van der Waals surface area contributed by atoms with E-state index in [1.165, 1.54) is 7.11 Å². The summed E-state index contributed by atoms with van der Waals surface area (Å²) in [7, 11) is 3.10. The van der Waals surface area contributed by atoms with Crippen LogP contribution in [-0.4, -0.2) is 26.0 Å². The number of methoxy groups -OCH3 is 2. The van der Waals surface area contributed by atoms with Crippen molar-refractivity contribution in [2.45, 2.75) is 6.42 Å². The van der Waals surface area contributed by atoms with Gasteiger partial charge in [0, 0.05) is 10.9 Å². The number of benzene rings is 2. The Hall–Kier alpha value is -2.34. The number of amidine groups is 1. The summed E-state index contributed by atoms with van der Waals surface area (Å²) < 4.78 is 11.1. The van der Waals surface area contributed by atoms with Crippen LogP contribution in [0.5, 0.6) is 11.5 Å². The molecule has 2 aromatic rings. The van der Waals surface area contributed by atoms with Crippen molar-refractivity contribution in [2.75, 3.05) is 14.2 Å². The van der Waals surface area contributed by atoms with Crippen LogP contribution in [0.4, 0.5) is 0 Å². The fraction of sp³-hybridized carbons (Fsp3) is 0.176. The summed E-state index contributed by atoms with van der Waals surface area (Å²) >= 11 is 3.33. The number of nitrogens with zero attached hydrogens (tertiary/aromatic N) is 1. The maximum Gasteiger partial charge on any atom is 0.282 e. The van der Waals surface area contributed by atoms with Gasteiger partial charge < -0.3 is 15.2 Å². The predicted octanol–water partition coefficient (Wildman–Crippen LogP) is 3.21. The molecule has 0 aliphatic rings. The van der Waals surface area contributed by atoms with Gasteiger partial charge in [0.2, 0.25) is 0 Å². The molecule has 0 unspecified atom stereocenters. The third kappa shape index (κ3) is 4.56. The highest BCUT2D eigenvalue weighted by atomic mass is 79.9. The molecule has 0 bridgehead atoms. The Labute approximate surface area is 143 Å². The SMILES string of the molecule is COc1cccc(CC(N)=NC(=O)c2cc(Br)ccc2OC)c1. The largest absolute Gasteiger partial charge is 0.497 e.